The van der Waals surface area contributed by atoms with Crippen LogP contribution in [0, 0.1) is 0 Å². The molecule has 0 spiro atoms. The van der Waals surface area contributed by atoms with E-state index in [9.17, 15) is 0 Å². The summed E-state index contributed by atoms with van der Waals surface area (Å²) >= 11 is 2.24. The Hall–Kier alpha value is 0.214. The maximum Gasteiger partial charge on any atom is -1.00 e. The molecule has 1 unspecified atom stereocenters. The molecule has 0 saturated heterocycles. The monoisotopic (exact) mass is 361 g/mol. The van der Waals surface area contributed by atoms with E-state index in [0.29, 0.717) is 0 Å². The quantitative estimate of drug-likeness (QED) is 0.548. The van der Waals surface area contributed by atoms with Gasteiger partial charge in [-0.2, -0.15) is 0 Å². The van der Waals surface area contributed by atoms with Crippen LogP contribution in [0.1, 0.15) is 46.5 Å². The van der Waals surface area contributed by atoms with Crippen LogP contribution in [-0.4, -0.2) is 12.2 Å². The van der Waals surface area contributed by atoms with Gasteiger partial charge in [0.15, 0.2) is 0 Å². The third-order valence-corrected chi connectivity index (χ3v) is 4.82. The zero-order chi connectivity index (χ0) is 13.9. The average Bonchev–Trinajstić information content (AvgIpc) is 2.77. The molecule has 1 atom stereocenters. The van der Waals surface area contributed by atoms with Crippen LogP contribution in [0.5, 0.6) is 0 Å². The van der Waals surface area contributed by atoms with Crippen LogP contribution in [-0.2, 0) is 25.2 Å². The number of halogens is 2. The Morgan fingerprint density at radius 1 is 1.29 bits per heavy atom. The summed E-state index contributed by atoms with van der Waals surface area (Å²) < 4.78 is 7.81. The molecule has 0 aromatic carbocycles. The summed E-state index contributed by atoms with van der Waals surface area (Å²) in [4.78, 5) is 0. The Kier molecular flexibility index (Phi) is 9.47. The molecule has 2 aliphatic carbocycles. The van der Waals surface area contributed by atoms with Crippen molar-refractivity contribution >= 4 is 0 Å². The van der Waals surface area contributed by atoms with Crippen LogP contribution in [0.15, 0.2) is 44.9 Å². The zero-order valence-electron chi connectivity index (χ0n) is 13.0. The van der Waals surface area contributed by atoms with Gasteiger partial charge in [-0.1, -0.05) is 0 Å². The number of allylic oxidation sites excluding steroid dienone is 5. The Balaban J connectivity index is 0.00000200. The summed E-state index contributed by atoms with van der Waals surface area (Å²) in [7, 11) is 0. The Morgan fingerprint density at radius 3 is 2.52 bits per heavy atom. The van der Waals surface area contributed by atoms with E-state index in [1.165, 1.54) is 20.6 Å². The standard InChI is InChI=1S/C17H23O.2ClH.Ti/c1-4-11-18-17(13-16-7-5-6-8-16)10-9-14(2)12-15(17)3;;;/h5,7,9,12H,4,6,10-11,13H2,1-3H3;2*1H;/q;;;+2/p-2. The number of rotatable bonds is 5. The van der Waals surface area contributed by atoms with Crippen molar-refractivity contribution in [2.75, 3.05) is 6.61 Å². The van der Waals surface area contributed by atoms with Crippen molar-refractivity contribution in [3.8, 4) is 0 Å². The fourth-order valence-electron chi connectivity index (χ4n) is 2.78. The summed E-state index contributed by atoms with van der Waals surface area (Å²) in [6.45, 7) is 7.42. The topological polar surface area (TPSA) is 9.23 Å². The molecule has 0 aromatic rings. The van der Waals surface area contributed by atoms with Gasteiger partial charge in [0, 0.05) is 0 Å². The summed E-state index contributed by atoms with van der Waals surface area (Å²) in [6.07, 6.45) is 13.4. The SMILES string of the molecule is CCCOC1(CC2=[C]([Ti+2])CC=C2)CC=C(C)C=C1C.[Cl-].[Cl-]. The maximum atomic E-state index is 6.31. The van der Waals surface area contributed by atoms with Gasteiger partial charge in [0.25, 0.3) is 0 Å². The maximum absolute atomic E-state index is 6.31. The fraction of sp³-hybridized carbons (Fsp3) is 0.529. The molecule has 0 fully saturated rings. The Bertz CT molecular complexity index is 477. The Morgan fingerprint density at radius 2 is 2.00 bits per heavy atom. The van der Waals surface area contributed by atoms with Gasteiger partial charge >= 0.3 is 129 Å². The predicted molar refractivity (Wildman–Crippen MR) is 76.5 cm³/mol. The second-order valence-electron chi connectivity index (χ2n) is 5.61. The van der Waals surface area contributed by atoms with Gasteiger partial charge < -0.3 is 24.8 Å². The fourth-order valence-corrected chi connectivity index (χ4v) is 3.23. The van der Waals surface area contributed by atoms with Crippen LogP contribution in [0.4, 0.5) is 0 Å². The molecule has 0 amide bonds. The van der Waals surface area contributed by atoms with E-state index >= 15 is 0 Å². The van der Waals surface area contributed by atoms with Crippen molar-refractivity contribution in [1.29, 1.82) is 0 Å². The van der Waals surface area contributed by atoms with E-state index in [1.54, 1.807) is 0 Å². The van der Waals surface area contributed by atoms with Crippen LogP contribution >= 0.6 is 0 Å². The molecule has 2 aliphatic rings. The third kappa shape index (κ3) is 5.11. The first-order valence-corrected chi connectivity index (χ1v) is 7.95. The molecule has 2 rings (SSSR count). The molecule has 0 N–H and O–H groups in total. The number of ether oxygens (including phenoxy) is 1. The van der Waals surface area contributed by atoms with Gasteiger partial charge in [-0.25, -0.2) is 0 Å². The molecule has 1 nitrogen and oxygen atoms in total. The second kappa shape index (κ2) is 9.37. The van der Waals surface area contributed by atoms with E-state index in [2.05, 4.69) is 65.5 Å². The smallest absolute Gasteiger partial charge is 1.00 e. The van der Waals surface area contributed by atoms with Crippen molar-refractivity contribution in [1.82, 2.24) is 0 Å². The molecule has 21 heavy (non-hydrogen) atoms. The van der Waals surface area contributed by atoms with Crippen molar-refractivity contribution in [3.63, 3.8) is 0 Å². The van der Waals surface area contributed by atoms with Crippen LogP contribution in [0.2, 0.25) is 0 Å². The molecule has 4 heteroatoms. The zero-order valence-corrected chi connectivity index (χ0v) is 16.1. The second-order valence-corrected chi connectivity index (χ2v) is 6.55. The van der Waals surface area contributed by atoms with Gasteiger partial charge in [0.05, 0.1) is 0 Å². The van der Waals surface area contributed by atoms with Gasteiger partial charge in [-0.15, -0.1) is 0 Å². The molecule has 0 saturated carbocycles. The largest absolute Gasteiger partial charge is 1.00 e. The van der Waals surface area contributed by atoms with Crippen molar-refractivity contribution in [2.45, 2.75) is 52.1 Å². The van der Waals surface area contributed by atoms with Gasteiger partial charge in [0.1, 0.15) is 0 Å². The molecular weight excluding hydrogens is 339 g/mol. The normalized spacial score (nSPS) is 24.2. The molecule has 0 radical (unpaired) electrons. The van der Waals surface area contributed by atoms with Crippen molar-refractivity contribution < 1.29 is 50.0 Å². The molecule has 0 bridgehead atoms. The van der Waals surface area contributed by atoms with Crippen LogP contribution in [0.3, 0.4) is 0 Å². The number of hydrogen-bond donors (Lipinski definition) is 0. The van der Waals surface area contributed by atoms with Gasteiger partial charge in [0.2, 0.25) is 0 Å². The average molecular weight is 362 g/mol. The van der Waals surface area contributed by atoms with Crippen molar-refractivity contribution in [2.24, 2.45) is 0 Å². The summed E-state index contributed by atoms with van der Waals surface area (Å²) in [6, 6.07) is 0. The van der Waals surface area contributed by atoms with Crippen LogP contribution < -0.4 is 24.8 Å². The summed E-state index contributed by atoms with van der Waals surface area (Å²) in [5.41, 5.74) is 4.10. The molecule has 0 heterocycles. The molecule has 0 aromatic heterocycles. The van der Waals surface area contributed by atoms with E-state index in [4.69, 9.17) is 4.74 Å². The van der Waals surface area contributed by atoms with Crippen LogP contribution in [0.25, 0.3) is 0 Å². The van der Waals surface area contributed by atoms with Gasteiger partial charge in [-0.05, 0) is 0 Å². The molecule has 0 aliphatic heterocycles. The predicted octanol–water partition coefficient (Wildman–Crippen LogP) is -1.39. The van der Waals surface area contributed by atoms with E-state index in [-0.39, 0.29) is 30.4 Å². The summed E-state index contributed by atoms with van der Waals surface area (Å²) in [5, 5.41) is 0. The van der Waals surface area contributed by atoms with E-state index in [1.807, 2.05) is 0 Å². The molecule has 115 valence electrons. The van der Waals surface area contributed by atoms with E-state index in [0.717, 1.165) is 32.3 Å². The first kappa shape index (κ1) is 21.2. The first-order valence-electron chi connectivity index (χ1n) is 7.17. The Labute approximate surface area is 153 Å². The summed E-state index contributed by atoms with van der Waals surface area (Å²) in [5.74, 6) is 0. The van der Waals surface area contributed by atoms with E-state index < -0.39 is 0 Å². The van der Waals surface area contributed by atoms with Crippen molar-refractivity contribution in [3.05, 3.63) is 44.9 Å². The third-order valence-electron chi connectivity index (χ3n) is 4.00. The minimum Gasteiger partial charge on any atom is -1.00 e. The minimum atomic E-state index is -0.110. The molecular formula is C17H23Cl2OTi. The number of hydrogen-bond acceptors (Lipinski definition) is 1. The first-order chi connectivity index (χ1) is 9.07. The minimum absolute atomic E-state index is 0. The van der Waals surface area contributed by atoms with Gasteiger partial charge in [-0.3, -0.25) is 0 Å².